The number of para-hydroxylation sites is 1. The number of amides is 3. The van der Waals surface area contributed by atoms with E-state index in [0.29, 0.717) is 10.6 Å². The maximum absolute atomic E-state index is 12.7. The second-order valence-corrected chi connectivity index (χ2v) is 7.70. The third kappa shape index (κ3) is 3.98. The minimum absolute atomic E-state index is 0.183. The number of carbonyl (C=O) groups excluding carboxylic acids is 4. The average molecular weight is 490 g/mol. The van der Waals surface area contributed by atoms with Crippen molar-refractivity contribution in [1.82, 2.24) is 4.90 Å². The number of imide groups is 1. The molecule has 0 unspecified atom stereocenters. The number of ether oxygens (including phenoxy) is 1. The smallest absolute Gasteiger partial charge is 0.329 e. The summed E-state index contributed by atoms with van der Waals surface area (Å²) in [4.78, 5) is 50.4. The van der Waals surface area contributed by atoms with Crippen LogP contribution in [-0.4, -0.2) is 41.2 Å². The van der Waals surface area contributed by atoms with Crippen LogP contribution in [0.3, 0.4) is 0 Å². The van der Waals surface area contributed by atoms with Gasteiger partial charge in [0.05, 0.1) is 31.2 Å². The summed E-state index contributed by atoms with van der Waals surface area (Å²) >= 11 is 24.0. The van der Waals surface area contributed by atoms with Crippen molar-refractivity contribution in [3.05, 3.63) is 61.5 Å². The lowest BCUT2D eigenvalue weighted by Crippen LogP contribution is -2.44. The van der Waals surface area contributed by atoms with Crippen LogP contribution >= 0.6 is 46.4 Å². The van der Waals surface area contributed by atoms with Gasteiger partial charge in [0.15, 0.2) is 6.61 Å². The van der Waals surface area contributed by atoms with E-state index >= 15 is 0 Å². The van der Waals surface area contributed by atoms with Gasteiger partial charge in [0.2, 0.25) is 0 Å². The van der Waals surface area contributed by atoms with Crippen molar-refractivity contribution in [2.75, 3.05) is 11.9 Å². The highest BCUT2D eigenvalue weighted by atomic mass is 35.5. The Morgan fingerprint density at radius 3 is 1.93 bits per heavy atom. The summed E-state index contributed by atoms with van der Waals surface area (Å²) in [5.74, 6) is -3.32. The molecule has 0 saturated carbocycles. The molecule has 156 valence electrons. The first-order valence-electron chi connectivity index (χ1n) is 8.40. The predicted molar refractivity (Wildman–Crippen MR) is 112 cm³/mol. The summed E-state index contributed by atoms with van der Waals surface area (Å²) in [5, 5.41) is 1.68. The van der Waals surface area contributed by atoms with Crippen LogP contribution in [0.15, 0.2) is 30.3 Å². The third-order valence-corrected chi connectivity index (χ3v) is 6.07. The second kappa shape index (κ2) is 8.81. The molecule has 30 heavy (non-hydrogen) atoms. The Balaban J connectivity index is 1.73. The van der Waals surface area contributed by atoms with Crippen molar-refractivity contribution < 1.29 is 23.9 Å². The zero-order chi connectivity index (χ0) is 22.2. The SMILES string of the molecule is C[C@H](C(=O)OCC(=O)Nc1ccccc1)N1C(=O)c2c(Cl)c(Cl)c(Cl)c(Cl)c2C1=O. The fraction of sp³-hybridized carbons (Fsp3) is 0.158. The van der Waals surface area contributed by atoms with E-state index in [1.54, 1.807) is 30.3 Å². The summed E-state index contributed by atoms with van der Waals surface area (Å²) in [6.07, 6.45) is 0. The molecule has 0 bridgehead atoms. The molecular weight excluding hydrogens is 478 g/mol. The number of fused-ring (bicyclic) bond motifs is 1. The second-order valence-electron chi connectivity index (χ2n) is 6.18. The molecule has 7 nitrogen and oxygen atoms in total. The Morgan fingerprint density at radius 2 is 1.43 bits per heavy atom. The minimum Gasteiger partial charge on any atom is -0.454 e. The van der Waals surface area contributed by atoms with Gasteiger partial charge in [0.25, 0.3) is 17.7 Å². The zero-order valence-electron chi connectivity index (χ0n) is 15.2. The van der Waals surface area contributed by atoms with Gasteiger partial charge in [-0.3, -0.25) is 19.3 Å². The van der Waals surface area contributed by atoms with E-state index in [1.807, 2.05) is 0 Å². The van der Waals surface area contributed by atoms with Crippen LogP contribution in [0.5, 0.6) is 0 Å². The van der Waals surface area contributed by atoms with Crippen LogP contribution in [0.2, 0.25) is 20.1 Å². The van der Waals surface area contributed by atoms with Gasteiger partial charge in [-0.1, -0.05) is 64.6 Å². The maximum Gasteiger partial charge on any atom is 0.329 e. The molecule has 0 saturated heterocycles. The van der Waals surface area contributed by atoms with Crippen molar-refractivity contribution in [2.24, 2.45) is 0 Å². The fourth-order valence-corrected chi connectivity index (χ4v) is 3.81. The molecule has 2 aromatic carbocycles. The molecule has 3 rings (SSSR count). The number of benzene rings is 2. The van der Waals surface area contributed by atoms with Crippen molar-refractivity contribution in [3.63, 3.8) is 0 Å². The number of rotatable bonds is 5. The molecule has 1 heterocycles. The Labute approximate surface area is 190 Å². The Morgan fingerprint density at radius 1 is 0.933 bits per heavy atom. The molecular formula is C19H12Cl4N2O5. The Bertz CT molecular complexity index is 1030. The van der Waals surface area contributed by atoms with Gasteiger partial charge in [-0.05, 0) is 19.1 Å². The normalized spacial score (nSPS) is 13.8. The molecule has 2 aromatic rings. The molecule has 1 aliphatic rings. The highest BCUT2D eigenvalue weighted by Crippen LogP contribution is 2.45. The lowest BCUT2D eigenvalue weighted by atomic mass is 10.1. The molecule has 1 aliphatic heterocycles. The number of esters is 1. The maximum atomic E-state index is 12.7. The van der Waals surface area contributed by atoms with Crippen molar-refractivity contribution in [2.45, 2.75) is 13.0 Å². The summed E-state index contributed by atoms with van der Waals surface area (Å²) < 4.78 is 4.94. The number of hydrogen-bond acceptors (Lipinski definition) is 5. The first-order chi connectivity index (χ1) is 14.1. The average Bonchev–Trinajstić information content (AvgIpc) is 2.99. The predicted octanol–water partition coefficient (Wildman–Crippen LogP) is 4.47. The molecule has 1 N–H and O–H groups in total. The van der Waals surface area contributed by atoms with Gasteiger partial charge in [-0.15, -0.1) is 0 Å². The van der Waals surface area contributed by atoms with Crippen LogP contribution in [-0.2, 0) is 14.3 Å². The largest absolute Gasteiger partial charge is 0.454 e. The molecule has 0 spiro atoms. The van der Waals surface area contributed by atoms with Gasteiger partial charge in [-0.2, -0.15) is 0 Å². The summed E-state index contributed by atoms with van der Waals surface area (Å²) in [6.45, 7) is 0.657. The van der Waals surface area contributed by atoms with Crippen LogP contribution < -0.4 is 5.32 Å². The van der Waals surface area contributed by atoms with Crippen LogP contribution in [0.4, 0.5) is 5.69 Å². The standard InChI is InChI=1S/C19H12Cl4N2O5/c1-8(19(29)30-7-10(26)24-9-5-3-2-4-6-9)25-17(27)11-12(18(25)28)14(21)16(23)15(22)13(11)20/h2-6,8H,7H2,1H3,(H,24,26)/t8-/m1/s1. The number of halogens is 4. The monoisotopic (exact) mass is 488 g/mol. The molecule has 1 atom stereocenters. The number of hydrogen-bond donors (Lipinski definition) is 1. The highest BCUT2D eigenvalue weighted by Gasteiger charge is 2.45. The van der Waals surface area contributed by atoms with Crippen LogP contribution in [0.25, 0.3) is 0 Å². The zero-order valence-corrected chi connectivity index (χ0v) is 18.2. The lowest BCUT2D eigenvalue weighted by Gasteiger charge is -2.20. The van der Waals surface area contributed by atoms with Gasteiger partial charge in [0.1, 0.15) is 6.04 Å². The molecule has 0 aliphatic carbocycles. The molecule has 3 amide bonds. The number of nitrogens with zero attached hydrogens (tertiary/aromatic N) is 1. The van der Waals surface area contributed by atoms with Crippen molar-refractivity contribution in [3.8, 4) is 0 Å². The van der Waals surface area contributed by atoms with E-state index in [9.17, 15) is 19.2 Å². The number of anilines is 1. The fourth-order valence-electron chi connectivity index (χ4n) is 2.80. The van der Waals surface area contributed by atoms with E-state index in [1.165, 1.54) is 6.92 Å². The van der Waals surface area contributed by atoms with Crippen LogP contribution in [0.1, 0.15) is 27.6 Å². The highest BCUT2D eigenvalue weighted by molar-refractivity contribution is 6.55. The van der Waals surface area contributed by atoms with Gasteiger partial charge in [-0.25, -0.2) is 4.79 Å². The summed E-state index contributed by atoms with van der Waals surface area (Å²) in [5.41, 5.74) is 0.0232. The number of nitrogens with one attached hydrogen (secondary N) is 1. The molecule has 0 fully saturated rings. The first kappa shape index (κ1) is 22.4. The van der Waals surface area contributed by atoms with Gasteiger partial charge >= 0.3 is 5.97 Å². The third-order valence-electron chi connectivity index (χ3n) is 4.26. The van der Waals surface area contributed by atoms with Crippen molar-refractivity contribution >= 4 is 75.8 Å². The van der Waals surface area contributed by atoms with E-state index in [4.69, 9.17) is 51.1 Å². The van der Waals surface area contributed by atoms with Gasteiger partial charge in [0, 0.05) is 5.69 Å². The van der Waals surface area contributed by atoms with E-state index in [2.05, 4.69) is 5.32 Å². The van der Waals surface area contributed by atoms with Crippen molar-refractivity contribution in [1.29, 1.82) is 0 Å². The lowest BCUT2D eigenvalue weighted by molar-refractivity contribution is -0.150. The van der Waals surface area contributed by atoms with Crippen LogP contribution in [0, 0.1) is 0 Å². The van der Waals surface area contributed by atoms with Gasteiger partial charge < -0.3 is 10.1 Å². The topological polar surface area (TPSA) is 92.8 Å². The Kier molecular flexibility index (Phi) is 6.57. The van der Waals surface area contributed by atoms with E-state index < -0.39 is 36.3 Å². The quantitative estimate of drug-likeness (QED) is 0.289. The number of carbonyl (C=O) groups is 4. The summed E-state index contributed by atoms with van der Waals surface area (Å²) in [7, 11) is 0. The molecule has 0 aromatic heterocycles. The van der Waals surface area contributed by atoms with E-state index in [0.717, 1.165) is 0 Å². The first-order valence-corrected chi connectivity index (χ1v) is 9.91. The van der Waals surface area contributed by atoms with E-state index in [-0.39, 0.29) is 31.2 Å². The minimum atomic E-state index is -1.35. The molecule has 0 radical (unpaired) electrons. The molecule has 11 heteroatoms. The Hall–Kier alpha value is -2.32. The summed E-state index contributed by atoms with van der Waals surface area (Å²) in [6, 6.07) is 7.18.